The Morgan fingerprint density at radius 1 is 1.29 bits per heavy atom. The fraction of sp³-hybridized carbons (Fsp3) is 0.500. The van der Waals surface area contributed by atoms with Gasteiger partial charge in [-0.1, -0.05) is 50.6 Å². The van der Waals surface area contributed by atoms with Crippen LogP contribution in [0.5, 0.6) is 0 Å². The highest BCUT2D eigenvalue weighted by Crippen LogP contribution is 2.06. The molecule has 5 nitrogen and oxygen atoms in total. The molecule has 0 aromatic heterocycles. The topological polar surface area (TPSA) is 69.6 Å². The molecule has 1 rings (SSSR count). The van der Waals surface area contributed by atoms with E-state index >= 15 is 0 Å². The van der Waals surface area contributed by atoms with Crippen molar-refractivity contribution in [2.75, 3.05) is 13.6 Å². The van der Waals surface area contributed by atoms with Gasteiger partial charge in [0, 0.05) is 20.0 Å². The number of carbonyl (C=O) groups is 2. The molecule has 0 saturated carbocycles. The molecule has 0 aliphatic rings. The number of urea groups is 1. The number of hydrogen-bond donors (Lipinski definition) is 2. The van der Waals surface area contributed by atoms with Crippen molar-refractivity contribution in [1.82, 2.24) is 10.2 Å². The van der Waals surface area contributed by atoms with E-state index in [1.54, 1.807) is 7.05 Å². The number of nitrogens with one attached hydrogen (secondary N) is 1. The van der Waals surface area contributed by atoms with Gasteiger partial charge < -0.3 is 15.3 Å². The minimum absolute atomic E-state index is 0.277. The van der Waals surface area contributed by atoms with Crippen molar-refractivity contribution in [3.8, 4) is 0 Å². The van der Waals surface area contributed by atoms with Gasteiger partial charge >= 0.3 is 12.0 Å². The van der Waals surface area contributed by atoms with Gasteiger partial charge in [0.05, 0.1) is 0 Å². The summed E-state index contributed by atoms with van der Waals surface area (Å²) in [7, 11) is 1.68. The highest BCUT2D eigenvalue weighted by Gasteiger charge is 2.22. The molecule has 1 aromatic rings. The lowest BCUT2D eigenvalue weighted by molar-refractivity contribution is -0.139. The second-order valence-electron chi connectivity index (χ2n) is 5.42. The molecule has 2 atom stereocenters. The largest absolute Gasteiger partial charge is 0.480 e. The van der Waals surface area contributed by atoms with E-state index in [-0.39, 0.29) is 12.5 Å². The van der Waals surface area contributed by atoms with Crippen LogP contribution in [-0.4, -0.2) is 41.6 Å². The van der Waals surface area contributed by atoms with Crippen LogP contribution in [0, 0.1) is 5.92 Å². The number of rotatable bonds is 7. The molecule has 1 unspecified atom stereocenters. The van der Waals surface area contributed by atoms with Crippen LogP contribution in [0.1, 0.15) is 25.8 Å². The van der Waals surface area contributed by atoms with Crippen LogP contribution >= 0.6 is 0 Å². The van der Waals surface area contributed by atoms with Crippen molar-refractivity contribution in [3.05, 3.63) is 35.9 Å². The highest BCUT2D eigenvalue weighted by molar-refractivity contribution is 5.82. The standard InChI is InChI=1S/C16H24N2O3/c1-4-12(2)11-18(3)16(21)17-14(15(19)20)10-13-8-6-5-7-9-13/h5-9,12,14H,4,10-11H2,1-3H3,(H,17,21)(H,19,20)/t12?,14-/m1/s1. The van der Waals surface area contributed by atoms with Gasteiger partial charge in [0.15, 0.2) is 0 Å². The van der Waals surface area contributed by atoms with Crippen LogP contribution in [0.15, 0.2) is 30.3 Å². The zero-order chi connectivity index (χ0) is 15.8. The minimum atomic E-state index is -1.02. The second-order valence-corrected chi connectivity index (χ2v) is 5.42. The molecule has 2 amide bonds. The van der Waals surface area contributed by atoms with Crippen LogP contribution in [0.2, 0.25) is 0 Å². The minimum Gasteiger partial charge on any atom is -0.480 e. The van der Waals surface area contributed by atoms with Crippen molar-refractivity contribution in [3.63, 3.8) is 0 Å². The van der Waals surface area contributed by atoms with E-state index in [9.17, 15) is 14.7 Å². The predicted octanol–water partition coefficient (Wildman–Crippen LogP) is 2.37. The summed E-state index contributed by atoms with van der Waals surface area (Å²) in [6, 6.07) is 8.02. The quantitative estimate of drug-likeness (QED) is 0.810. The van der Waals surface area contributed by atoms with Crippen molar-refractivity contribution in [1.29, 1.82) is 0 Å². The van der Waals surface area contributed by atoms with E-state index in [1.165, 1.54) is 4.90 Å². The summed E-state index contributed by atoms with van der Waals surface area (Å²) in [6.07, 6.45) is 1.25. The number of hydrogen-bond acceptors (Lipinski definition) is 2. The van der Waals surface area contributed by atoms with E-state index in [1.807, 2.05) is 30.3 Å². The summed E-state index contributed by atoms with van der Waals surface area (Å²) in [5, 5.41) is 11.8. The average molecular weight is 292 g/mol. The highest BCUT2D eigenvalue weighted by atomic mass is 16.4. The molecule has 2 N–H and O–H groups in total. The fourth-order valence-electron chi connectivity index (χ4n) is 1.99. The number of carbonyl (C=O) groups excluding carboxylic acids is 1. The molecular formula is C16H24N2O3. The zero-order valence-electron chi connectivity index (χ0n) is 12.9. The first-order valence-corrected chi connectivity index (χ1v) is 7.22. The van der Waals surface area contributed by atoms with E-state index in [4.69, 9.17) is 0 Å². The Labute approximate surface area is 126 Å². The molecule has 0 bridgehead atoms. The third-order valence-corrected chi connectivity index (χ3v) is 3.51. The lowest BCUT2D eigenvalue weighted by Gasteiger charge is -2.23. The molecule has 0 spiro atoms. The summed E-state index contributed by atoms with van der Waals surface area (Å²) >= 11 is 0. The monoisotopic (exact) mass is 292 g/mol. The van der Waals surface area contributed by atoms with E-state index in [0.717, 1.165) is 12.0 Å². The Morgan fingerprint density at radius 3 is 2.43 bits per heavy atom. The van der Waals surface area contributed by atoms with Crippen LogP contribution in [-0.2, 0) is 11.2 Å². The van der Waals surface area contributed by atoms with Gasteiger partial charge in [-0.3, -0.25) is 0 Å². The molecule has 116 valence electrons. The Bertz CT molecular complexity index is 462. The second kappa shape index (κ2) is 8.29. The Hall–Kier alpha value is -2.04. The van der Waals surface area contributed by atoms with Gasteiger partial charge in [-0.05, 0) is 11.5 Å². The van der Waals surface area contributed by atoms with Crippen LogP contribution < -0.4 is 5.32 Å². The molecule has 5 heteroatoms. The molecular weight excluding hydrogens is 268 g/mol. The molecule has 0 aliphatic carbocycles. The number of carboxylic acid groups (broad SMARTS) is 1. The lowest BCUT2D eigenvalue weighted by atomic mass is 10.1. The maximum Gasteiger partial charge on any atom is 0.326 e. The zero-order valence-corrected chi connectivity index (χ0v) is 12.9. The first-order valence-electron chi connectivity index (χ1n) is 7.22. The number of carboxylic acids is 1. The summed E-state index contributed by atoms with van der Waals surface area (Å²) < 4.78 is 0. The molecule has 0 aliphatic heterocycles. The first-order chi connectivity index (χ1) is 9.93. The molecule has 0 heterocycles. The van der Waals surface area contributed by atoms with Gasteiger partial charge in [-0.2, -0.15) is 0 Å². The third-order valence-electron chi connectivity index (χ3n) is 3.51. The summed E-state index contributed by atoms with van der Waals surface area (Å²) in [4.78, 5) is 24.9. The van der Waals surface area contributed by atoms with Gasteiger partial charge in [0.2, 0.25) is 0 Å². The number of benzene rings is 1. The summed E-state index contributed by atoms with van der Waals surface area (Å²) in [6.45, 7) is 4.73. The molecule has 0 saturated heterocycles. The first kappa shape index (κ1) is 17.0. The Kier molecular flexibility index (Phi) is 6.72. The Balaban J connectivity index is 2.62. The Morgan fingerprint density at radius 2 is 1.90 bits per heavy atom. The van der Waals surface area contributed by atoms with Gasteiger partial charge in [-0.25, -0.2) is 9.59 Å². The molecule has 0 radical (unpaired) electrons. The van der Waals surface area contributed by atoms with E-state index < -0.39 is 12.0 Å². The molecule has 0 fully saturated rings. The van der Waals surface area contributed by atoms with Crippen molar-refractivity contribution in [2.45, 2.75) is 32.7 Å². The predicted molar refractivity (Wildman–Crippen MR) is 82.2 cm³/mol. The number of nitrogens with zero attached hydrogens (tertiary/aromatic N) is 1. The smallest absolute Gasteiger partial charge is 0.326 e. The van der Waals surface area contributed by atoms with Crippen molar-refractivity contribution in [2.24, 2.45) is 5.92 Å². The van der Waals surface area contributed by atoms with Crippen LogP contribution in [0.3, 0.4) is 0 Å². The van der Waals surface area contributed by atoms with Gasteiger partial charge in [0.1, 0.15) is 6.04 Å². The maximum absolute atomic E-state index is 12.1. The van der Waals surface area contributed by atoms with E-state index in [0.29, 0.717) is 12.5 Å². The average Bonchev–Trinajstić information content (AvgIpc) is 2.47. The van der Waals surface area contributed by atoms with Crippen LogP contribution in [0.25, 0.3) is 0 Å². The van der Waals surface area contributed by atoms with Crippen molar-refractivity contribution < 1.29 is 14.7 Å². The number of aliphatic carboxylic acids is 1. The molecule has 1 aromatic carbocycles. The summed E-state index contributed by atoms with van der Waals surface area (Å²) in [5.41, 5.74) is 0.884. The molecule has 21 heavy (non-hydrogen) atoms. The number of amides is 2. The fourth-order valence-corrected chi connectivity index (χ4v) is 1.99. The van der Waals surface area contributed by atoms with Gasteiger partial charge in [0.25, 0.3) is 0 Å². The lowest BCUT2D eigenvalue weighted by Crippen LogP contribution is -2.48. The third kappa shape index (κ3) is 5.85. The maximum atomic E-state index is 12.1. The van der Waals surface area contributed by atoms with Crippen LogP contribution in [0.4, 0.5) is 4.79 Å². The summed E-state index contributed by atoms with van der Waals surface area (Å²) in [5.74, 6) is -0.637. The van der Waals surface area contributed by atoms with Gasteiger partial charge in [-0.15, -0.1) is 0 Å². The SMILES string of the molecule is CCC(C)CN(C)C(=O)N[C@H](Cc1ccccc1)C(=O)O. The van der Waals surface area contributed by atoms with E-state index in [2.05, 4.69) is 19.2 Å². The van der Waals surface area contributed by atoms with Crippen molar-refractivity contribution >= 4 is 12.0 Å². The normalized spacial score (nSPS) is 13.3.